The minimum atomic E-state index is -0.465. The monoisotopic (exact) mass is 311 g/mol. The number of thiocarbonyl (C=S) groups is 1. The van der Waals surface area contributed by atoms with Crippen molar-refractivity contribution in [2.45, 2.75) is 18.9 Å². The Morgan fingerprint density at radius 3 is 3.05 bits per heavy atom. The Balaban J connectivity index is 1.97. The topological polar surface area (TPSA) is 85.7 Å². The molecule has 0 aromatic heterocycles. The van der Waals surface area contributed by atoms with E-state index in [1.165, 1.54) is 25.3 Å². The van der Waals surface area contributed by atoms with Gasteiger partial charge in [0.15, 0.2) is 5.11 Å². The van der Waals surface area contributed by atoms with E-state index in [0.29, 0.717) is 23.1 Å². The predicted molar refractivity (Wildman–Crippen MR) is 82.8 cm³/mol. The lowest BCUT2D eigenvalue weighted by molar-refractivity contribution is -0.384. The Hall–Kier alpha value is -1.93. The molecule has 8 heteroatoms. The van der Waals surface area contributed by atoms with E-state index in [2.05, 4.69) is 10.6 Å². The highest BCUT2D eigenvalue weighted by Gasteiger charge is 2.16. The van der Waals surface area contributed by atoms with Gasteiger partial charge in [-0.25, -0.2) is 0 Å². The molecule has 0 amide bonds. The molecule has 7 nitrogen and oxygen atoms in total. The second-order valence-corrected chi connectivity index (χ2v) is 5.02. The third kappa shape index (κ3) is 4.27. The van der Waals surface area contributed by atoms with E-state index in [-0.39, 0.29) is 11.8 Å². The fourth-order valence-electron chi connectivity index (χ4n) is 2.09. The van der Waals surface area contributed by atoms with Gasteiger partial charge in [0.1, 0.15) is 5.75 Å². The Morgan fingerprint density at radius 1 is 1.62 bits per heavy atom. The molecular formula is C13H17N3O4S. The van der Waals surface area contributed by atoms with E-state index in [9.17, 15) is 10.1 Å². The first-order valence-electron chi connectivity index (χ1n) is 6.59. The lowest BCUT2D eigenvalue weighted by Gasteiger charge is -2.15. The van der Waals surface area contributed by atoms with Crippen molar-refractivity contribution in [1.82, 2.24) is 5.32 Å². The Bertz CT molecular complexity index is 532. The van der Waals surface area contributed by atoms with E-state index in [4.69, 9.17) is 21.7 Å². The highest BCUT2D eigenvalue weighted by atomic mass is 32.1. The number of nitrogens with zero attached hydrogens (tertiary/aromatic N) is 1. The van der Waals surface area contributed by atoms with Crippen LogP contribution < -0.4 is 15.4 Å². The van der Waals surface area contributed by atoms with Crippen LogP contribution in [-0.2, 0) is 4.74 Å². The molecule has 114 valence electrons. The van der Waals surface area contributed by atoms with Crippen molar-refractivity contribution in [2.75, 3.05) is 25.6 Å². The quantitative estimate of drug-likeness (QED) is 0.489. The zero-order chi connectivity index (χ0) is 15.2. The summed E-state index contributed by atoms with van der Waals surface area (Å²) in [6.07, 6.45) is 2.23. The normalized spacial score (nSPS) is 17.3. The molecule has 1 aliphatic rings. The van der Waals surface area contributed by atoms with Gasteiger partial charge in [0.25, 0.3) is 5.69 Å². The van der Waals surface area contributed by atoms with Crippen LogP contribution in [0.5, 0.6) is 5.75 Å². The SMILES string of the molecule is COc1ccc([N+](=O)[O-])cc1NC(=S)NC[C@H]1CCCO1. The summed E-state index contributed by atoms with van der Waals surface area (Å²) in [5, 5.41) is 17.1. The maximum atomic E-state index is 10.8. The van der Waals surface area contributed by atoms with Crippen molar-refractivity contribution in [3.63, 3.8) is 0 Å². The predicted octanol–water partition coefficient (Wildman–Crippen LogP) is 2.07. The third-order valence-electron chi connectivity index (χ3n) is 3.16. The van der Waals surface area contributed by atoms with Crippen molar-refractivity contribution < 1.29 is 14.4 Å². The maximum Gasteiger partial charge on any atom is 0.271 e. The summed E-state index contributed by atoms with van der Waals surface area (Å²) in [4.78, 5) is 10.3. The number of nitro benzene ring substituents is 1. The molecular weight excluding hydrogens is 294 g/mol. The second kappa shape index (κ2) is 7.19. The molecule has 1 aromatic rings. The standard InChI is InChI=1S/C13H17N3O4S/c1-19-12-5-4-9(16(17)18)7-11(12)15-13(21)14-8-10-3-2-6-20-10/h4-5,7,10H,2-3,6,8H2,1H3,(H2,14,15,21)/t10-/m1/s1. The van der Waals surface area contributed by atoms with E-state index in [1.54, 1.807) is 0 Å². The van der Waals surface area contributed by atoms with Crippen LogP contribution in [-0.4, -0.2) is 36.4 Å². The fourth-order valence-corrected chi connectivity index (χ4v) is 2.28. The Labute approximate surface area is 127 Å². The minimum Gasteiger partial charge on any atom is -0.495 e. The fraction of sp³-hybridized carbons (Fsp3) is 0.462. The summed E-state index contributed by atoms with van der Waals surface area (Å²) in [6.45, 7) is 1.40. The van der Waals surface area contributed by atoms with Crippen LogP contribution in [0.25, 0.3) is 0 Å². The zero-order valence-corrected chi connectivity index (χ0v) is 12.4. The minimum absolute atomic E-state index is 0.0276. The van der Waals surface area contributed by atoms with Gasteiger partial charge in [-0.05, 0) is 31.1 Å². The first-order chi connectivity index (χ1) is 10.1. The molecule has 1 saturated heterocycles. The average Bonchev–Trinajstić information content (AvgIpc) is 2.98. The number of methoxy groups -OCH3 is 1. The summed E-state index contributed by atoms with van der Waals surface area (Å²) in [5.74, 6) is 0.488. The molecule has 1 fully saturated rings. The maximum absolute atomic E-state index is 10.8. The van der Waals surface area contributed by atoms with Crippen LogP contribution in [0.2, 0.25) is 0 Å². The summed E-state index contributed by atoms with van der Waals surface area (Å²) >= 11 is 5.18. The molecule has 1 atom stereocenters. The van der Waals surface area contributed by atoms with Gasteiger partial charge in [0.05, 0.1) is 23.8 Å². The van der Waals surface area contributed by atoms with E-state index in [0.717, 1.165) is 19.4 Å². The highest BCUT2D eigenvalue weighted by Crippen LogP contribution is 2.28. The molecule has 0 spiro atoms. The molecule has 2 rings (SSSR count). The molecule has 0 aliphatic carbocycles. The third-order valence-corrected chi connectivity index (χ3v) is 3.40. The van der Waals surface area contributed by atoms with Crippen LogP contribution in [0.1, 0.15) is 12.8 Å². The van der Waals surface area contributed by atoms with E-state index in [1.807, 2.05) is 0 Å². The van der Waals surface area contributed by atoms with Gasteiger partial charge in [-0.15, -0.1) is 0 Å². The lowest BCUT2D eigenvalue weighted by atomic mass is 10.2. The lowest BCUT2D eigenvalue weighted by Crippen LogP contribution is -2.34. The molecule has 0 radical (unpaired) electrons. The first-order valence-corrected chi connectivity index (χ1v) is 7.00. The first kappa shape index (κ1) is 15.5. The number of benzene rings is 1. The molecule has 0 unspecified atom stereocenters. The number of rotatable bonds is 5. The van der Waals surface area contributed by atoms with Crippen molar-refractivity contribution >= 4 is 28.7 Å². The molecule has 1 heterocycles. The molecule has 0 bridgehead atoms. The van der Waals surface area contributed by atoms with Crippen LogP contribution in [0.3, 0.4) is 0 Å². The van der Waals surface area contributed by atoms with Crippen LogP contribution in [0.4, 0.5) is 11.4 Å². The average molecular weight is 311 g/mol. The molecule has 0 saturated carbocycles. The van der Waals surface area contributed by atoms with Gasteiger partial charge in [0, 0.05) is 25.3 Å². The number of non-ortho nitro benzene ring substituents is 1. The molecule has 1 aliphatic heterocycles. The van der Waals surface area contributed by atoms with Crippen LogP contribution in [0.15, 0.2) is 18.2 Å². The largest absolute Gasteiger partial charge is 0.495 e. The summed E-state index contributed by atoms with van der Waals surface area (Å²) in [6, 6.07) is 4.30. The summed E-state index contributed by atoms with van der Waals surface area (Å²) < 4.78 is 10.6. The Morgan fingerprint density at radius 2 is 2.43 bits per heavy atom. The summed E-state index contributed by atoms with van der Waals surface area (Å²) in [5.41, 5.74) is 0.428. The van der Waals surface area contributed by atoms with Crippen molar-refractivity contribution in [1.29, 1.82) is 0 Å². The summed E-state index contributed by atoms with van der Waals surface area (Å²) in [7, 11) is 1.50. The Kier molecular flexibility index (Phi) is 5.29. The highest BCUT2D eigenvalue weighted by molar-refractivity contribution is 7.80. The number of anilines is 1. The van der Waals surface area contributed by atoms with Crippen molar-refractivity contribution in [3.05, 3.63) is 28.3 Å². The molecule has 2 N–H and O–H groups in total. The van der Waals surface area contributed by atoms with Gasteiger partial charge >= 0.3 is 0 Å². The second-order valence-electron chi connectivity index (χ2n) is 4.61. The number of nitro groups is 1. The van der Waals surface area contributed by atoms with Crippen molar-refractivity contribution in [3.8, 4) is 5.75 Å². The van der Waals surface area contributed by atoms with E-state index < -0.39 is 4.92 Å². The molecule has 21 heavy (non-hydrogen) atoms. The van der Waals surface area contributed by atoms with Gasteiger partial charge in [0.2, 0.25) is 0 Å². The van der Waals surface area contributed by atoms with Gasteiger partial charge in [-0.1, -0.05) is 0 Å². The smallest absolute Gasteiger partial charge is 0.271 e. The number of hydrogen-bond donors (Lipinski definition) is 2. The van der Waals surface area contributed by atoms with Gasteiger partial charge in [-0.3, -0.25) is 10.1 Å². The number of ether oxygens (including phenoxy) is 2. The van der Waals surface area contributed by atoms with Gasteiger partial charge < -0.3 is 20.1 Å². The van der Waals surface area contributed by atoms with E-state index >= 15 is 0 Å². The number of nitrogens with one attached hydrogen (secondary N) is 2. The van der Waals surface area contributed by atoms with Crippen molar-refractivity contribution in [2.24, 2.45) is 0 Å². The molecule has 1 aromatic carbocycles. The zero-order valence-electron chi connectivity index (χ0n) is 11.6. The number of hydrogen-bond acceptors (Lipinski definition) is 5. The van der Waals surface area contributed by atoms with Gasteiger partial charge in [-0.2, -0.15) is 0 Å². The van der Waals surface area contributed by atoms with Crippen LogP contribution >= 0.6 is 12.2 Å². The van der Waals surface area contributed by atoms with Crippen LogP contribution in [0, 0.1) is 10.1 Å².